The Morgan fingerprint density at radius 1 is 1.17 bits per heavy atom. The molecule has 1 aliphatic rings. The summed E-state index contributed by atoms with van der Waals surface area (Å²) in [5.41, 5.74) is 1.71. The van der Waals surface area contributed by atoms with Gasteiger partial charge in [-0.2, -0.15) is 0 Å². The number of carbonyl (C=O) groups is 2. The summed E-state index contributed by atoms with van der Waals surface area (Å²) < 4.78 is 5.80. The highest BCUT2D eigenvalue weighted by atomic mass is 16.5. The van der Waals surface area contributed by atoms with Crippen molar-refractivity contribution in [2.45, 2.75) is 52.3 Å². The topological polar surface area (TPSA) is 104 Å². The molecule has 0 aliphatic carbocycles. The third kappa shape index (κ3) is 5.77. The quantitative estimate of drug-likeness (QED) is 0.520. The second kappa shape index (κ2) is 10.8. The number of ether oxygens (including phenoxy) is 1. The summed E-state index contributed by atoms with van der Waals surface area (Å²) in [6.07, 6.45) is 1.70. The van der Waals surface area contributed by atoms with Crippen molar-refractivity contribution in [2.75, 3.05) is 13.2 Å². The van der Waals surface area contributed by atoms with Crippen LogP contribution in [0.5, 0.6) is 0 Å². The van der Waals surface area contributed by atoms with Crippen LogP contribution in [0.2, 0.25) is 0 Å². The largest absolute Gasteiger partial charge is 0.376 e. The minimum Gasteiger partial charge on any atom is -0.376 e. The van der Waals surface area contributed by atoms with Gasteiger partial charge in [-0.15, -0.1) is 0 Å². The first kappa shape index (κ1) is 24.6. The van der Waals surface area contributed by atoms with E-state index in [1.54, 1.807) is 35.2 Å². The number of hydrogen-bond donors (Lipinski definition) is 2. The molecule has 4 rings (SSSR count). The number of fused-ring (bicyclic) bond motifs is 1. The number of aromatic nitrogens is 2. The molecule has 2 heterocycles. The molecule has 184 valence electrons. The Bertz CT molecular complexity index is 1260. The summed E-state index contributed by atoms with van der Waals surface area (Å²) >= 11 is 0. The molecule has 8 heteroatoms. The SMILES string of the molecule is Cc1ccccc1C(=O)N[C@H](C(=O)N(Cc1nc2ccccc2c(=O)[nH]1)C[C@@H]1CCCO1)C(C)C. The number of benzene rings is 2. The van der Waals surface area contributed by atoms with Crippen molar-refractivity contribution in [1.82, 2.24) is 20.2 Å². The van der Waals surface area contributed by atoms with Gasteiger partial charge in [0, 0.05) is 18.7 Å². The molecule has 2 atom stereocenters. The molecule has 3 aromatic rings. The molecular formula is C27H32N4O4. The number of hydrogen-bond acceptors (Lipinski definition) is 5. The summed E-state index contributed by atoms with van der Waals surface area (Å²) in [7, 11) is 0. The fourth-order valence-electron chi connectivity index (χ4n) is 4.41. The maximum absolute atomic E-state index is 13.8. The van der Waals surface area contributed by atoms with E-state index in [2.05, 4.69) is 15.3 Å². The third-order valence-electron chi connectivity index (χ3n) is 6.37. The van der Waals surface area contributed by atoms with E-state index in [4.69, 9.17) is 4.74 Å². The maximum Gasteiger partial charge on any atom is 0.258 e. The van der Waals surface area contributed by atoms with Gasteiger partial charge in [-0.25, -0.2) is 4.98 Å². The number of nitrogens with one attached hydrogen (secondary N) is 2. The van der Waals surface area contributed by atoms with Gasteiger partial charge >= 0.3 is 0 Å². The summed E-state index contributed by atoms with van der Waals surface area (Å²) in [6.45, 7) is 6.81. The van der Waals surface area contributed by atoms with Crippen LogP contribution in [-0.4, -0.2) is 52.0 Å². The number of amides is 2. The Kier molecular flexibility index (Phi) is 7.60. The normalized spacial score (nSPS) is 16.4. The zero-order valence-corrected chi connectivity index (χ0v) is 20.4. The lowest BCUT2D eigenvalue weighted by molar-refractivity contribution is -0.136. The van der Waals surface area contributed by atoms with E-state index in [9.17, 15) is 14.4 Å². The number of aromatic amines is 1. The Balaban J connectivity index is 1.61. The van der Waals surface area contributed by atoms with Gasteiger partial charge < -0.3 is 19.9 Å². The second-order valence-corrected chi connectivity index (χ2v) is 9.39. The van der Waals surface area contributed by atoms with Crippen LogP contribution < -0.4 is 10.9 Å². The van der Waals surface area contributed by atoms with Gasteiger partial charge in [0.05, 0.1) is 23.6 Å². The van der Waals surface area contributed by atoms with Gasteiger partial charge in [0.1, 0.15) is 11.9 Å². The van der Waals surface area contributed by atoms with E-state index >= 15 is 0 Å². The molecule has 0 bridgehead atoms. The summed E-state index contributed by atoms with van der Waals surface area (Å²) in [5, 5.41) is 3.44. The highest BCUT2D eigenvalue weighted by Crippen LogP contribution is 2.18. The highest BCUT2D eigenvalue weighted by Gasteiger charge is 2.32. The fraction of sp³-hybridized carbons (Fsp3) is 0.407. The van der Waals surface area contributed by atoms with E-state index in [0.717, 1.165) is 18.4 Å². The molecule has 1 aliphatic heterocycles. The molecule has 0 spiro atoms. The molecule has 35 heavy (non-hydrogen) atoms. The van der Waals surface area contributed by atoms with Crippen LogP contribution in [-0.2, 0) is 16.1 Å². The minimum absolute atomic E-state index is 0.0917. The fourth-order valence-corrected chi connectivity index (χ4v) is 4.41. The number of aryl methyl sites for hydroxylation is 1. The molecular weight excluding hydrogens is 444 g/mol. The van der Waals surface area contributed by atoms with Crippen molar-refractivity contribution < 1.29 is 14.3 Å². The Labute approximate surface area is 204 Å². The second-order valence-electron chi connectivity index (χ2n) is 9.39. The number of H-pyrrole nitrogens is 1. The Hall–Kier alpha value is -3.52. The van der Waals surface area contributed by atoms with Gasteiger partial charge in [-0.1, -0.05) is 44.2 Å². The molecule has 0 radical (unpaired) electrons. The van der Waals surface area contributed by atoms with Crippen molar-refractivity contribution in [3.05, 3.63) is 75.8 Å². The van der Waals surface area contributed by atoms with Crippen LogP contribution in [0.4, 0.5) is 0 Å². The average Bonchev–Trinajstić information content (AvgIpc) is 3.35. The van der Waals surface area contributed by atoms with Gasteiger partial charge in [-0.05, 0) is 49.4 Å². The van der Waals surface area contributed by atoms with E-state index in [1.165, 1.54) is 0 Å². The third-order valence-corrected chi connectivity index (χ3v) is 6.37. The van der Waals surface area contributed by atoms with Crippen LogP contribution >= 0.6 is 0 Å². The van der Waals surface area contributed by atoms with Crippen LogP contribution in [0.3, 0.4) is 0 Å². The first-order valence-electron chi connectivity index (χ1n) is 12.1. The zero-order chi connectivity index (χ0) is 24.9. The summed E-state index contributed by atoms with van der Waals surface area (Å²) in [5.74, 6) is -0.267. The lowest BCUT2D eigenvalue weighted by atomic mass is 10.0. The standard InChI is InChI=1S/C27H32N4O4/c1-17(2)24(30-25(32)20-11-5-4-9-18(20)3)27(34)31(15-19-10-8-14-35-19)16-23-28-22-13-7-6-12-21(22)26(33)29-23/h4-7,9,11-13,17,19,24H,8,10,14-16H2,1-3H3,(H,30,32)(H,28,29,33)/t19-,24-/m0/s1. The molecule has 0 unspecified atom stereocenters. The Morgan fingerprint density at radius 2 is 1.91 bits per heavy atom. The van der Waals surface area contributed by atoms with Crippen LogP contribution in [0.25, 0.3) is 10.9 Å². The van der Waals surface area contributed by atoms with Crippen molar-refractivity contribution in [3.8, 4) is 0 Å². The van der Waals surface area contributed by atoms with Gasteiger partial charge in [0.15, 0.2) is 0 Å². The van der Waals surface area contributed by atoms with Crippen molar-refractivity contribution in [2.24, 2.45) is 5.92 Å². The lowest BCUT2D eigenvalue weighted by Crippen LogP contribution is -2.52. The predicted molar refractivity (Wildman–Crippen MR) is 134 cm³/mol. The first-order chi connectivity index (χ1) is 16.8. The van der Waals surface area contributed by atoms with E-state index in [-0.39, 0.29) is 35.9 Å². The van der Waals surface area contributed by atoms with Crippen LogP contribution in [0.1, 0.15) is 48.4 Å². The summed E-state index contributed by atoms with van der Waals surface area (Å²) in [4.78, 5) is 48.5. The van der Waals surface area contributed by atoms with Crippen LogP contribution in [0, 0.1) is 12.8 Å². The average molecular weight is 477 g/mol. The minimum atomic E-state index is -0.740. The lowest BCUT2D eigenvalue weighted by Gasteiger charge is -2.31. The molecule has 1 fully saturated rings. The smallest absolute Gasteiger partial charge is 0.258 e. The maximum atomic E-state index is 13.8. The molecule has 8 nitrogen and oxygen atoms in total. The van der Waals surface area contributed by atoms with E-state index in [0.29, 0.717) is 35.4 Å². The number of nitrogens with zero attached hydrogens (tertiary/aromatic N) is 2. The number of carbonyl (C=O) groups excluding carboxylic acids is 2. The van der Waals surface area contributed by atoms with Crippen molar-refractivity contribution >= 4 is 22.7 Å². The number of rotatable bonds is 8. The molecule has 2 aromatic carbocycles. The molecule has 0 saturated carbocycles. The van der Waals surface area contributed by atoms with Crippen molar-refractivity contribution in [1.29, 1.82) is 0 Å². The van der Waals surface area contributed by atoms with E-state index < -0.39 is 6.04 Å². The zero-order valence-electron chi connectivity index (χ0n) is 20.4. The van der Waals surface area contributed by atoms with E-state index in [1.807, 2.05) is 39.0 Å². The van der Waals surface area contributed by atoms with Crippen molar-refractivity contribution in [3.63, 3.8) is 0 Å². The highest BCUT2D eigenvalue weighted by molar-refractivity contribution is 5.98. The van der Waals surface area contributed by atoms with Gasteiger partial charge in [0.25, 0.3) is 11.5 Å². The predicted octanol–water partition coefficient (Wildman–Crippen LogP) is 3.19. The summed E-state index contributed by atoms with van der Waals surface area (Å²) in [6, 6.07) is 13.7. The molecule has 2 amide bonds. The number of para-hydroxylation sites is 1. The Morgan fingerprint density at radius 3 is 2.63 bits per heavy atom. The molecule has 2 N–H and O–H groups in total. The van der Waals surface area contributed by atoms with Crippen LogP contribution in [0.15, 0.2) is 53.3 Å². The molecule has 1 saturated heterocycles. The first-order valence-corrected chi connectivity index (χ1v) is 12.1. The molecule has 1 aromatic heterocycles. The van der Waals surface area contributed by atoms with Gasteiger partial charge in [-0.3, -0.25) is 14.4 Å². The van der Waals surface area contributed by atoms with Gasteiger partial charge in [0.2, 0.25) is 5.91 Å². The monoisotopic (exact) mass is 476 g/mol.